The third-order valence-electron chi connectivity index (χ3n) is 3.02. The van der Waals surface area contributed by atoms with Crippen LogP contribution in [0.25, 0.3) is 0 Å². The van der Waals surface area contributed by atoms with Crippen LogP contribution in [-0.2, 0) is 9.59 Å². The molecule has 19 heavy (non-hydrogen) atoms. The zero-order chi connectivity index (χ0) is 14.0. The zero-order valence-corrected chi connectivity index (χ0v) is 10.7. The Labute approximate surface area is 110 Å². The number of piperazine rings is 1. The molecule has 1 heterocycles. The first kappa shape index (κ1) is 13.1. The van der Waals surface area contributed by atoms with Crippen molar-refractivity contribution in [2.24, 2.45) is 0 Å². The molecule has 3 amide bonds. The van der Waals surface area contributed by atoms with Crippen LogP contribution in [0.1, 0.15) is 17.3 Å². The molecule has 1 aromatic carbocycles. The Morgan fingerprint density at radius 2 is 2.05 bits per heavy atom. The van der Waals surface area contributed by atoms with Crippen LogP contribution < -0.4 is 10.1 Å². The van der Waals surface area contributed by atoms with Gasteiger partial charge in [-0.2, -0.15) is 0 Å². The van der Waals surface area contributed by atoms with Gasteiger partial charge in [0.15, 0.2) is 0 Å². The monoisotopic (exact) mass is 262 g/mol. The summed E-state index contributed by atoms with van der Waals surface area (Å²) in [5.74, 6) is -0.933. The van der Waals surface area contributed by atoms with Crippen LogP contribution in [0.3, 0.4) is 0 Å². The predicted molar refractivity (Wildman–Crippen MR) is 66.6 cm³/mol. The third-order valence-corrected chi connectivity index (χ3v) is 3.02. The summed E-state index contributed by atoms with van der Waals surface area (Å²) in [6, 6.07) is 6.02. The first-order chi connectivity index (χ1) is 9.04. The Balaban J connectivity index is 2.32. The molecule has 1 saturated heterocycles. The lowest BCUT2D eigenvalue weighted by molar-refractivity contribution is -0.138. The molecule has 100 valence electrons. The number of hydrogen-bond donors (Lipinski definition) is 1. The van der Waals surface area contributed by atoms with E-state index < -0.39 is 23.8 Å². The summed E-state index contributed by atoms with van der Waals surface area (Å²) in [7, 11) is 1.46. The van der Waals surface area contributed by atoms with Gasteiger partial charge in [-0.3, -0.25) is 19.7 Å². The van der Waals surface area contributed by atoms with Gasteiger partial charge in [0.1, 0.15) is 18.3 Å². The smallest absolute Gasteiger partial charge is 0.258 e. The fourth-order valence-corrected chi connectivity index (χ4v) is 1.94. The zero-order valence-electron chi connectivity index (χ0n) is 10.7. The van der Waals surface area contributed by atoms with Crippen molar-refractivity contribution in [1.29, 1.82) is 0 Å². The Bertz CT molecular complexity index is 541. The van der Waals surface area contributed by atoms with Crippen molar-refractivity contribution in [3.05, 3.63) is 29.8 Å². The number of carbonyl (C=O) groups is 3. The van der Waals surface area contributed by atoms with Crippen molar-refractivity contribution in [3.8, 4) is 5.75 Å². The van der Waals surface area contributed by atoms with Crippen molar-refractivity contribution in [2.45, 2.75) is 13.0 Å². The summed E-state index contributed by atoms with van der Waals surface area (Å²) in [5.41, 5.74) is 0.333. The van der Waals surface area contributed by atoms with Gasteiger partial charge < -0.3 is 9.64 Å². The van der Waals surface area contributed by atoms with Crippen LogP contribution >= 0.6 is 0 Å². The van der Waals surface area contributed by atoms with Crippen LogP contribution in [-0.4, -0.2) is 42.3 Å². The molecule has 0 aliphatic carbocycles. The number of benzene rings is 1. The molecule has 6 nitrogen and oxygen atoms in total. The van der Waals surface area contributed by atoms with Crippen LogP contribution in [0.2, 0.25) is 0 Å². The summed E-state index contributed by atoms with van der Waals surface area (Å²) < 4.78 is 5.11. The molecule has 1 unspecified atom stereocenters. The number of imide groups is 1. The third kappa shape index (κ3) is 2.42. The van der Waals surface area contributed by atoms with Crippen molar-refractivity contribution < 1.29 is 19.1 Å². The van der Waals surface area contributed by atoms with E-state index >= 15 is 0 Å². The number of hydrogen-bond acceptors (Lipinski definition) is 4. The van der Waals surface area contributed by atoms with E-state index in [0.717, 1.165) is 0 Å². The van der Waals surface area contributed by atoms with E-state index in [1.807, 2.05) is 0 Å². The highest BCUT2D eigenvalue weighted by molar-refractivity contribution is 6.07. The van der Waals surface area contributed by atoms with Gasteiger partial charge in [-0.25, -0.2) is 0 Å². The lowest BCUT2D eigenvalue weighted by Gasteiger charge is -2.31. The second-order valence-corrected chi connectivity index (χ2v) is 4.22. The summed E-state index contributed by atoms with van der Waals surface area (Å²) in [5, 5.41) is 2.19. The molecular formula is C13H14N2O4. The van der Waals surface area contributed by atoms with Gasteiger partial charge in [-0.15, -0.1) is 0 Å². The number of amides is 3. The van der Waals surface area contributed by atoms with Gasteiger partial charge in [0, 0.05) is 0 Å². The van der Waals surface area contributed by atoms with E-state index in [-0.39, 0.29) is 6.54 Å². The molecule has 6 heteroatoms. The van der Waals surface area contributed by atoms with Gasteiger partial charge in [-0.1, -0.05) is 12.1 Å². The van der Waals surface area contributed by atoms with Crippen molar-refractivity contribution in [1.82, 2.24) is 10.2 Å². The quantitative estimate of drug-likeness (QED) is 0.772. The molecule has 1 fully saturated rings. The first-order valence-electron chi connectivity index (χ1n) is 5.82. The molecular weight excluding hydrogens is 248 g/mol. The second-order valence-electron chi connectivity index (χ2n) is 4.22. The maximum absolute atomic E-state index is 12.4. The molecule has 1 N–H and O–H groups in total. The lowest BCUT2D eigenvalue weighted by atomic mass is 10.1. The average Bonchev–Trinajstić information content (AvgIpc) is 2.42. The Kier molecular flexibility index (Phi) is 3.50. The van der Waals surface area contributed by atoms with Gasteiger partial charge >= 0.3 is 0 Å². The number of para-hydroxylation sites is 1. The molecule has 0 spiro atoms. The normalized spacial score (nSPS) is 19.1. The van der Waals surface area contributed by atoms with Gasteiger partial charge in [0.25, 0.3) is 5.91 Å². The van der Waals surface area contributed by atoms with Crippen LogP contribution in [0.15, 0.2) is 24.3 Å². The predicted octanol–water partition coefficient (Wildman–Crippen LogP) is 0.182. The number of methoxy groups -OCH3 is 1. The molecule has 2 rings (SSSR count). The highest BCUT2D eigenvalue weighted by atomic mass is 16.5. The topological polar surface area (TPSA) is 75.7 Å². The Morgan fingerprint density at radius 3 is 2.74 bits per heavy atom. The van der Waals surface area contributed by atoms with Crippen molar-refractivity contribution >= 4 is 17.7 Å². The maximum Gasteiger partial charge on any atom is 0.258 e. The summed E-state index contributed by atoms with van der Waals surface area (Å²) in [6.07, 6.45) is 0. The summed E-state index contributed by atoms with van der Waals surface area (Å²) in [4.78, 5) is 36.5. The van der Waals surface area contributed by atoms with E-state index in [1.165, 1.54) is 12.0 Å². The number of rotatable bonds is 2. The van der Waals surface area contributed by atoms with Gasteiger partial charge in [-0.05, 0) is 19.1 Å². The number of carbonyl (C=O) groups excluding carboxylic acids is 3. The molecule has 1 aliphatic heterocycles. The number of nitrogens with zero attached hydrogens (tertiary/aromatic N) is 1. The van der Waals surface area contributed by atoms with E-state index in [1.54, 1.807) is 31.2 Å². The van der Waals surface area contributed by atoms with E-state index in [4.69, 9.17) is 4.74 Å². The van der Waals surface area contributed by atoms with Crippen LogP contribution in [0.4, 0.5) is 0 Å². The van der Waals surface area contributed by atoms with E-state index in [2.05, 4.69) is 5.32 Å². The minimum absolute atomic E-state index is 0.135. The molecule has 1 atom stereocenters. The molecule has 0 saturated carbocycles. The van der Waals surface area contributed by atoms with Crippen molar-refractivity contribution in [2.75, 3.05) is 13.7 Å². The summed E-state index contributed by atoms with van der Waals surface area (Å²) >= 11 is 0. The Morgan fingerprint density at radius 1 is 1.37 bits per heavy atom. The molecule has 1 aliphatic rings. The number of ether oxygens (including phenoxy) is 1. The highest BCUT2D eigenvalue weighted by Crippen LogP contribution is 2.21. The SMILES string of the molecule is COc1ccccc1C(=O)N1CC(=O)NC(=O)C1C. The largest absolute Gasteiger partial charge is 0.496 e. The molecule has 0 bridgehead atoms. The minimum Gasteiger partial charge on any atom is -0.496 e. The summed E-state index contributed by atoms with van der Waals surface area (Å²) in [6.45, 7) is 1.44. The maximum atomic E-state index is 12.4. The second kappa shape index (κ2) is 5.09. The molecule has 0 aromatic heterocycles. The average molecular weight is 262 g/mol. The van der Waals surface area contributed by atoms with Crippen LogP contribution in [0.5, 0.6) is 5.75 Å². The highest BCUT2D eigenvalue weighted by Gasteiger charge is 2.34. The van der Waals surface area contributed by atoms with Crippen molar-refractivity contribution in [3.63, 3.8) is 0 Å². The molecule has 1 aromatic rings. The van der Waals surface area contributed by atoms with E-state index in [9.17, 15) is 14.4 Å². The van der Waals surface area contributed by atoms with E-state index in [0.29, 0.717) is 11.3 Å². The molecule has 0 radical (unpaired) electrons. The standard InChI is InChI=1S/C13H14N2O4/c1-8-12(17)14-11(16)7-15(8)13(18)9-5-3-4-6-10(9)19-2/h3-6,8H,7H2,1-2H3,(H,14,16,17). The van der Waals surface area contributed by atoms with Gasteiger partial charge in [0.2, 0.25) is 11.8 Å². The van der Waals surface area contributed by atoms with Gasteiger partial charge in [0.05, 0.1) is 12.7 Å². The lowest BCUT2D eigenvalue weighted by Crippen LogP contribution is -2.58. The minimum atomic E-state index is -0.685. The fraction of sp³-hybridized carbons (Fsp3) is 0.308. The Hall–Kier alpha value is -2.37. The number of nitrogens with one attached hydrogen (secondary N) is 1. The first-order valence-corrected chi connectivity index (χ1v) is 5.82. The fourth-order valence-electron chi connectivity index (χ4n) is 1.94. The van der Waals surface area contributed by atoms with Crippen LogP contribution in [0, 0.1) is 0 Å².